The summed E-state index contributed by atoms with van der Waals surface area (Å²) in [5, 5.41) is 3.20. The number of carbonyl (C=O) groups excluding carboxylic acids is 2. The van der Waals surface area contributed by atoms with Crippen molar-refractivity contribution in [2.75, 3.05) is 25.0 Å². The van der Waals surface area contributed by atoms with Gasteiger partial charge in [-0.2, -0.15) is 0 Å². The summed E-state index contributed by atoms with van der Waals surface area (Å²) in [6.07, 6.45) is 10.4. The van der Waals surface area contributed by atoms with Crippen LogP contribution in [0.2, 0.25) is 0 Å². The van der Waals surface area contributed by atoms with Crippen LogP contribution in [0.25, 0.3) is 0 Å². The number of nitrogens with one attached hydrogen (secondary N) is 1. The smallest absolute Gasteiger partial charge is 0.321 e. The maximum Gasteiger partial charge on any atom is 0.321 e. The van der Waals surface area contributed by atoms with E-state index in [1.807, 2.05) is 4.90 Å². The molecule has 1 aliphatic heterocycles. The monoisotopic (exact) mass is 455 g/mol. The van der Waals surface area contributed by atoms with Gasteiger partial charge in [-0.3, -0.25) is 4.79 Å². The molecule has 1 N–H and O–H groups in total. The highest BCUT2D eigenvalue weighted by Gasteiger charge is 2.49. The Labute approximate surface area is 201 Å². The van der Waals surface area contributed by atoms with E-state index in [0.29, 0.717) is 18.4 Å². The summed E-state index contributed by atoms with van der Waals surface area (Å²) < 4.78 is 0. The molecule has 0 unspecified atom stereocenters. The SMILES string of the molecule is CCCCCCN1C(=O)N(CC(=O)Nc2c(C(C)C)cccc2C(C)C)CC12CCCCC2. The van der Waals surface area contributed by atoms with Gasteiger partial charge in [0, 0.05) is 18.8 Å². The second-order valence-corrected chi connectivity index (χ2v) is 10.8. The lowest BCUT2D eigenvalue weighted by Gasteiger charge is -2.40. The molecule has 0 aromatic heterocycles. The highest BCUT2D eigenvalue weighted by molar-refractivity contribution is 5.96. The van der Waals surface area contributed by atoms with Crippen LogP contribution in [0, 0.1) is 0 Å². The predicted octanol–water partition coefficient (Wildman–Crippen LogP) is 6.89. The zero-order valence-electron chi connectivity index (χ0n) is 21.6. The molecule has 1 aromatic carbocycles. The molecule has 1 aliphatic carbocycles. The first kappa shape index (κ1) is 25.6. The molecule has 0 bridgehead atoms. The van der Waals surface area contributed by atoms with Crippen molar-refractivity contribution in [3.63, 3.8) is 0 Å². The van der Waals surface area contributed by atoms with Crippen molar-refractivity contribution in [2.45, 2.75) is 110 Å². The standard InChI is InChI=1S/C28H45N3O2/c1-6-7-8-12-18-31-27(33)30(20-28(31)16-10-9-11-17-28)19-25(32)29-26-23(21(2)3)14-13-15-24(26)22(4)5/h13-15,21-22H,6-12,16-20H2,1-5H3,(H,29,32). The molecular formula is C28H45N3O2. The average molecular weight is 456 g/mol. The maximum absolute atomic E-state index is 13.5. The van der Waals surface area contributed by atoms with E-state index in [9.17, 15) is 9.59 Å². The lowest BCUT2D eigenvalue weighted by atomic mass is 9.81. The van der Waals surface area contributed by atoms with Crippen LogP contribution in [0.15, 0.2) is 18.2 Å². The van der Waals surface area contributed by atoms with Crippen molar-refractivity contribution in [2.24, 2.45) is 0 Å². The van der Waals surface area contributed by atoms with Crippen molar-refractivity contribution >= 4 is 17.6 Å². The summed E-state index contributed by atoms with van der Waals surface area (Å²) in [4.78, 5) is 30.6. The van der Waals surface area contributed by atoms with E-state index < -0.39 is 0 Å². The zero-order valence-corrected chi connectivity index (χ0v) is 21.6. The normalized spacial score (nSPS) is 18.1. The third kappa shape index (κ3) is 5.91. The number of nitrogens with zero attached hydrogens (tertiary/aromatic N) is 2. The van der Waals surface area contributed by atoms with Crippen molar-refractivity contribution in [3.05, 3.63) is 29.3 Å². The lowest BCUT2D eigenvalue weighted by molar-refractivity contribution is -0.116. The van der Waals surface area contributed by atoms with Crippen molar-refractivity contribution in [3.8, 4) is 0 Å². The van der Waals surface area contributed by atoms with Gasteiger partial charge in [-0.15, -0.1) is 0 Å². The van der Waals surface area contributed by atoms with Gasteiger partial charge in [0.2, 0.25) is 5.91 Å². The van der Waals surface area contributed by atoms with E-state index >= 15 is 0 Å². The fourth-order valence-corrected chi connectivity index (χ4v) is 5.72. The molecule has 1 saturated heterocycles. The Hall–Kier alpha value is -2.04. The molecule has 1 spiro atoms. The number of amides is 3. The molecule has 5 heteroatoms. The molecule has 33 heavy (non-hydrogen) atoms. The van der Waals surface area contributed by atoms with Crippen LogP contribution in [0.4, 0.5) is 10.5 Å². The highest BCUT2D eigenvalue weighted by atomic mass is 16.2. The molecule has 1 aromatic rings. The summed E-state index contributed by atoms with van der Waals surface area (Å²) in [5.74, 6) is 0.547. The average Bonchev–Trinajstić information content (AvgIpc) is 3.01. The number of hydrogen-bond acceptors (Lipinski definition) is 2. The third-order valence-electron chi connectivity index (χ3n) is 7.55. The van der Waals surface area contributed by atoms with Gasteiger partial charge in [0.1, 0.15) is 6.54 Å². The van der Waals surface area contributed by atoms with Crippen molar-refractivity contribution < 1.29 is 9.59 Å². The van der Waals surface area contributed by atoms with E-state index in [0.717, 1.165) is 42.6 Å². The van der Waals surface area contributed by atoms with Gasteiger partial charge in [-0.25, -0.2) is 4.79 Å². The molecule has 3 amide bonds. The molecule has 1 saturated carbocycles. The molecule has 5 nitrogen and oxygen atoms in total. The second kappa shape index (κ2) is 11.4. The summed E-state index contributed by atoms with van der Waals surface area (Å²) in [5.41, 5.74) is 3.18. The Morgan fingerprint density at radius 1 is 1.00 bits per heavy atom. The predicted molar refractivity (Wildman–Crippen MR) is 137 cm³/mol. The van der Waals surface area contributed by atoms with Gasteiger partial charge >= 0.3 is 6.03 Å². The van der Waals surface area contributed by atoms with E-state index in [1.54, 1.807) is 0 Å². The highest BCUT2D eigenvalue weighted by Crippen LogP contribution is 2.40. The quantitative estimate of drug-likeness (QED) is 0.390. The molecule has 2 fully saturated rings. The minimum absolute atomic E-state index is 0.0600. The number of para-hydroxylation sites is 1. The fourth-order valence-electron chi connectivity index (χ4n) is 5.72. The van der Waals surface area contributed by atoms with Crippen LogP contribution in [-0.2, 0) is 4.79 Å². The Balaban J connectivity index is 1.74. The van der Waals surface area contributed by atoms with Crippen LogP contribution < -0.4 is 5.32 Å². The van der Waals surface area contributed by atoms with E-state index in [4.69, 9.17) is 0 Å². The molecule has 0 atom stereocenters. The maximum atomic E-state index is 13.5. The Morgan fingerprint density at radius 2 is 1.64 bits per heavy atom. The number of carbonyl (C=O) groups is 2. The minimum atomic E-state index is -0.0860. The summed E-state index contributed by atoms with van der Waals surface area (Å²) in [7, 11) is 0. The summed E-state index contributed by atoms with van der Waals surface area (Å²) >= 11 is 0. The van der Waals surface area contributed by atoms with Crippen LogP contribution in [0.1, 0.15) is 115 Å². The third-order valence-corrected chi connectivity index (χ3v) is 7.55. The Kier molecular flexibility index (Phi) is 8.83. The molecular weight excluding hydrogens is 410 g/mol. The van der Waals surface area contributed by atoms with Crippen molar-refractivity contribution in [1.82, 2.24) is 9.80 Å². The van der Waals surface area contributed by atoms with Gasteiger partial charge in [0.25, 0.3) is 0 Å². The molecule has 1 heterocycles. The fraction of sp³-hybridized carbons (Fsp3) is 0.714. The van der Waals surface area contributed by atoms with Gasteiger partial charge in [0.05, 0.1) is 5.54 Å². The largest absolute Gasteiger partial charge is 0.324 e. The molecule has 184 valence electrons. The lowest BCUT2D eigenvalue weighted by Crippen LogP contribution is -2.48. The van der Waals surface area contributed by atoms with E-state index in [-0.39, 0.29) is 24.0 Å². The van der Waals surface area contributed by atoms with Gasteiger partial charge in [-0.1, -0.05) is 91.3 Å². The van der Waals surface area contributed by atoms with Gasteiger partial charge in [0.15, 0.2) is 0 Å². The molecule has 3 rings (SSSR count). The van der Waals surface area contributed by atoms with Crippen molar-refractivity contribution in [1.29, 1.82) is 0 Å². The summed E-state index contributed by atoms with van der Waals surface area (Å²) in [6, 6.07) is 6.34. The Bertz CT molecular complexity index is 785. The number of urea groups is 1. The first-order valence-corrected chi connectivity index (χ1v) is 13.3. The molecule has 0 radical (unpaired) electrons. The number of hydrogen-bond donors (Lipinski definition) is 1. The van der Waals surface area contributed by atoms with Gasteiger partial charge < -0.3 is 15.1 Å². The molecule has 2 aliphatic rings. The number of unbranched alkanes of at least 4 members (excludes halogenated alkanes) is 3. The van der Waals surface area contributed by atoms with E-state index in [2.05, 4.69) is 63.0 Å². The zero-order chi connectivity index (χ0) is 24.0. The van der Waals surface area contributed by atoms with Crippen LogP contribution >= 0.6 is 0 Å². The van der Waals surface area contributed by atoms with E-state index in [1.165, 1.54) is 38.5 Å². The van der Waals surface area contributed by atoms with Crippen LogP contribution in [0.3, 0.4) is 0 Å². The van der Waals surface area contributed by atoms with Gasteiger partial charge in [-0.05, 0) is 42.2 Å². The first-order chi connectivity index (χ1) is 15.8. The second-order valence-electron chi connectivity index (χ2n) is 10.8. The van der Waals surface area contributed by atoms with Crippen LogP contribution in [0.5, 0.6) is 0 Å². The summed E-state index contributed by atoms with van der Waals surface area (Å²) in [6.45, 7) is 12.5. The number of anilines is 1. The number of benzene rings is 1. The number of rotatable bonds is 10. The van der Waals surface area contributed by atoms with Crippen LogP contribution in [-0.4, -0.2) is 46.9 Å². The topological polar surface area (TPSA) is 52.7 Å². The first-order valence-electron chi connectivity index (χ1n) is 13.3. The minimum Gasteiger partial charge on any atom is -0.324 e. The Morgan fingerprint density at radius 3 is 2.21 bits per heavy atom.